The Morgan fingerprint density at radius 1 is 1.04 bits per heavy atom. The van der Waals surface area contributed by atoms with Crippen LogP contribution in [0.2, 0.25) is 0 Å². The number of hydrogen-bond acceptors (Lipinski definition) is 4. The molecule has 0 fully saturated rings. The van der Waals surface area contributed by atoms with Crippen molar-refractivity contribution in [1.29, 1.82) is 5.26 Å². The van der Waals surface area contributed by atoms with E-state index in [0.29, 0.717) is 23.5 Å². The maximum absolute atomic E-state index is 12.0. The molecule has 0 radical (unpaired) electrons. The van der Waals surface area contributed by atoms with Crippen LogP contribution in [0.15, 0.2) is 48.5 Å². The Bertz CT molecular complexity index is 781. The van der Waals surface area contributed by atoms with Crippen LogP contribution in [0, 0.1) is 11.3 Å². The molecular formula is C18H18N4O2. The minimum Gasteiger partial charge on any atom is -0.384 e. The second kappa shape index (κ2) is 8.34. The molecule has 2 rings (SSSR count). The Morgan fingerprint density at radius 2 is 1.79 bits per heavy atom. The van der Waals surface area contributed by atoms with E-state index in [4.69, 9.17) is 5.26 Å². The molecule has 122 valence electrons. The molecule has 0 aliphatic heterocycles. The lowest BCUT2D eigenvalue weighted by Crippen LogP contribution is -2.17. The molecule has 0 heterocycles. The molecule has 0 aromatic heterocycles. The van der Waals surface area contributed by atoms with Crippen LogP contribution >= 0.6 is 0 Å². The first kappa shape index (κ1) is 17.0. The molecule has 0 saturated heterocycles. The standard InChI is InChI=1S/C18H18N4O2/c1-13(23)21-16-7-4-6-15(11-16)20-10-9-18(24)22-17-8-3-2-5-14(17)12-19/h2-8,11,20H,9-10H2,1H3,(H,21,23)(H,22,24). The molecule has 0 saturated carbocycles. The second-order valence-corrected chi connectivity index (χ2v) is 5.14. The van der Waals surface area contributed by atoms with Gasteiger partial charge in [0.15, 0.2) is 0 Å². The van der Waals surface area contributed by atoms with Gasteiger partial charge in [-0.3, -0.25) is 9.59 Å². The molecule has 0 aliphatic rings. The summed E-state index contributed by atoms with van der Waals surface area (Å²) in [6.45, 7) is 1.88. The van der Waals surface area contributed by atoms with Crippen molar-refractivity contribution in [3.63, 3.8) is 0 Å². The number of anilines is 3. The van der Waals surface area contributed by atoms with E-state index < -0.39 is 0 Å². The molecule has 6 nitrogen and oxygen atoms in total. The first-order valence-electron chi connectivity index (χ1n) is 7.49. The number of carbonyl (C=O) groups excluding carboxylic acids is 2. The third kappa shape index (κ3) is 5.14. The molecule has 0 aliphatic carbocycles. The molecule has 0 unspecified atom stereocenters. The molecular weight excluding hydrogens is 304 g/mol. The summed E-state index contributed by atoms with van der Waals surface area (Å²) in [4.78, 5) is 23.0. The molecule has 24 heavy (non-hydrogen) atoms. The molecule has 2 aromatic carbocycles. The Hall–Kier alpha value is -3.33. The third-order valence-electron chi connectivity index (χ3n) is 3.19. The number of para-hydroxylation sites is 1. The number of nitrogens with zero attached hydrogens (tertiary/aromatic N) is 1. The molecule has 0 atom stereocenters. The summed E-state index contributed by atoms with van der Waals surface area (Å²) in [5.74, 6) is -0.314. The van der Waals surface area contributed by atoms with E-state index in [0.717, 1.165) is 5.69 Å². The van der Waals surface area contributed by atoms with E-state index in [1.807, 2.05) is 18.2 Å². The van der Waals surface area contributed by atoms with Crippen LogP contribution in [0.1, 0.15) is 18.9 Å². The van der Waals surface area contributed by atoms with Gasteiger partial charge in [-0.25, -0.2) is 0 Å². The summed E-state index contributed by atoms with van der Waals surface area (Å²) >= 11 is 0. The summed E-state index contributed by atoms with van der Waals surface area (Å²) in [6.07, 6.45) is 0.254. The zero-order chi connectivity index (χ0) is 17.4. The van der Waals surface area contributed by atoms with Gasteiger partial charge >= 0.3 is 0 Å². The fraction of sp³-hybridized carbons (Fsp3) is 0.167. The summed E-state index contributed by atoms with van der Waals surface area (Å²) in [5, 5.41) is 17.6. The van der Waals surface area contributed by atoms with E-state index in [-0.39, 0.29) is 18.2 Å². The molecule has 6 heteroatoms. The van der Waals surface area contributed by atoms with Crippen molar-refractivity contribution in [2.24, 2.45) is 0 Å². The van der Waals surface area contributed by atoms with Crippen molar-refractivity contribution in [3.05, 3.63) is 54.1 Å². The van der Waals surface area contributed by atoms with Gasteiger partial charge in [0.05, 0.1) is 11.3 Å². The molecule has 3 N–H and O–H groups in total. The average molecular weight is 322 g/mol. The monoisotopic (exact) mass is 322 g/mol. The van der Waals surface area contributed by atoms with Gasteiger partial charge in [0.1, 0.15) is 6.07 Å². The number of nitriles is 1. The lowest BCUT2D eigenvalue weighted by molar-refractivity contribution is -0.116. The van der Waals surface area contributed by atoms with Gasteiger partial charge in [-0.2, -0.15) is 5.26 Å². The van der Waals surface area contributed by atoms with Crippen molar-refractivity contribution >= 4 is 28.9 Å². The van der Waals surface area contributed by atoms with E-state index in [1.54, 1.807) is 36.4 Å². The van der Waals surface area contributed by atoms with E-state index >= 15 is 0 Å². The van der Waals surface area contributed by atoms with Crippen LogP contribution in [0.3, 0.4) is 0 Å². The highest BCUT2D eigenvalue weighted by Crippen LogP contribution is 2.16. The summed E-state index contributed by atoms with van der Waals surface area (Å²) in [6, 6.07) is 16.2. The fourth-order valence-corrected chi connectivity index (χ4v) is 2.13. The van der Waals surface area contributed by atoms with E-state index in [9.17, 15) is 9.59 Å². The Balaban J connectivity index is 1.85. The number of hydrogen-bond donors (Lipinski definition) is 3. The molecule has 0 bridgehead atoms. The van der Waals surface area contributed by atoms with Crippen LogP contribution < -0.4 is 16.0 Å². The molecule has 2 amide bonds. The lowest BCUT2D eigenvalue weighted by Gasteiger charge is -2.10. The number of carbonyl (C=O) groups is 2. The normalized spacial score (nSPS) is 9.67. The highest BCUT2D eigenvalue weighted by atomic mass is 16.2. The number of rotatable bonds is 6. The summed E-state index contributed by atoms with van der Waals surface area (Å²) < 4.78 is 0. The Kier molecular flexibility index (Phi) is 5.92. The summed E-state index contributed by atoms with van der Waals surface area (Å²) in [7, 11) is 0. The number of nitrogens with one attached hydrogen (secondary N) is 3. The largest absolute Gasteiger partial charge is 0.384 e. The third-order valence-corrected chi connectivity index (χ3v) is 3.19. The van der Waals surface area contributed by atoms with Gasteiger partial charge in [-0.1, -0.05) is 18.2 Å². The number of amides is 2. The van der Waals surface area contributed by atoms with Crippen molar-refractivity contribution in [3.8, 4) is 6.07 Å². The summed E-state index contributed by atoms with van der Waals surface area (Å²) in [5.41, 5.74) is 2.45. The Morgan fingerprint density at radius 3 is 2.54 bits per heavy atom. The van der Waals surface area contributed by atoms with Gasteiger partial charge in [0, 0.05) is 31.3 Å². The predicted octanol–water partition coefficient (Wildman–Crippen LogP) is 2.96. The van der Waals surface area contributed by atoms with Gasteiger partial charge in [-0.15, -0.1) is 0 Å². The van der Waals surface area contributed by atoms with Gasteiger partial charge in [-0.05, 0) is 30.3 Å². The average Bonchev–Trinajstić information content (AvgIpc) is 2.55. The van der Waals surface area contributed by atoms with Crippen LogP contribution in [0.4, 0.5) is 17.1 Å². The molecule has 2 aromatic rings. The van der Waals surface area contributed by atoms with Crippen LogP contribution in [-0.4, -0.2) is 18.4 Å². The van der Waals surface area contributed by atoms with Crippen LogP contribution in [0.25, 0.3) is 0 Å². The maximum atomic E-state index is 12.0. The first-order valence-corrected chi connectivity index (χ1v) is 7.49. The van der Waals surface area contributed by atoms with Crippen molar-refractivity contribution in [1.82, 2.24) is 0 Å². The predicted molar refractivity (Wildman–Crippen MR) is 93.6 cm³/mol. The molecule has 0 spiro atoms. The van der Waals surface area contributed by atoms with Gasteiger partial charge in [0.2, 0.25) is 11.8 Å². The lowest BCUT2D eigenvalue weighted by atomic mass is 10.2. The zero-order valence-corrected chi connectivity index (χ0v) is 13.3. The second-order valence-electron chi connectivity index (χ2n) is 5.14. The topological polar surface area (TPSA) is 94.0 Å². The van der Waals surface area contributed by atoms with Gasteiger partial charge < -0.3 is 16.0 Å². The first-order chi connectivity index (χ1) is 11.6. The highest BCUT2D eigenvalue weighted by Gasteiger charge is 2.06. The van der Waals surface area contributed by atoms with Crippen LogP contribution in [0.5, 0.6) is 0 Å². The fourth-order valence-electron chi connectivity index (χ4n) is 2.13. The van der Waals surface area contributed by atoms with E-state index in [2.05, 4.69) is 16.0 Å². The quantitative estimate of drug-likeness (QED) is 0.762. The van der Waals surface area contributed by atoms with Crippen LogP contribution in [-0.2, 0) is 9.59 Å². The number of benzene rings is 2. The smallest absolute Gasteiger partial charge is 0.226 e. The minimum absolute atomic E-state index is 0.136. The van der Waals surface area contributed by atoms with Crippen molar-refractivity contribution in [2.45, 2.75) is 13.3 Å². The van der Waals surface area contributed by atoms with E-state index in [1.165, 1.54) is 6.92 Å². The highest BCUT2D eigenvalue weighted by molar-refractivity contribution is 5.92. The minimum atomic E-state index is -0.178. The van der Waals surface area contributed by atoms with Crippen molar-refractivity contribution in [2.75, 3.05) is 22.5 Å². The maximum Gasteiger partial charge on any atom is 0.226 e. The van der Waals surface area contributed by atoms with Crippen molar-refractivity contribution < 1.29 is 9.59 Å². The Labute approximate surface area is 140 Å². The SMILES string of the molecule is CC(=O)Nc1cccc(NCCC(=O)Nc2ccccc2C#N)c1. The zero-order valence-electron chi connectivity index (χ0n) is 13.3. The van der Waals surface area contributed by atoms with Gasteiger partial charge in [0.25, 0.3) is 0 Å².